The summed E-state index contributed by atoms with van der Waals surface area (Å²) in [5.74, 6) is 1.73. The van der Waals surface area contributed by atoms with Crippen LogP contribution in [-0.2, 0) is 13.1 Å². The average molecular weight is 339 g/mol. The summed E-state index contributed by atoms with van der Waals surface area (Å²) in [6, 6.07) is 13.6. The van der Waals surface area contributed by atoms with Crippen molar-refractivity contribution in [3.63, 3.8) is 0 Å². The van der Waals surface area contributed by atoms with Crippen LogP contribution in [0.2, 0.25) is 10.0 Å². The van der Waals surface area contributed by atoms with E-state index in [0.717, 1.165) is 30.2 Å². The van der Waals surface area contributed by atoms with E-state index in [4.69, 9.17) is 27.6 Å². The van der Waals surface area contributed by atoms with Gasteiger partial charge in [-0.3, -0.25) is 0 Å². The smallest absolute Gasteiger partial charge is 0.158 e. The van der Waals surface area contributed by atoms with E-state index in [1.807, 2.05) is 24.3 Å². The predicted octanol–water partition coefficient (Wildman–Crippen LogP) is 4.58. The number of hydrogen-bond donors (Lipinski definition) is 1. The SMILES string of the molecule is Clc1cc(Cl)cc(-c2ccc(C[NH2+]Cc3cccs3)o2)c1. The van der Waals surface area contributed by atoms with Gasteiger partial charge in [0.2, 0.25) is 0 Å². The van der Waals surface area contributed by atoms with Gasteiger partial charge in [-0.05, 0) is 41.8 Å². The summed E-state index contributed by atoms with van der Waals surface area (Å²) in [5, 5.41) is 5.54. The number of halogens is 2. The second-order valence-corrected chi connectivity index (χ2v) is 6.61. The summed E-state index contributed by atoms with van der Waals surface area (Å²) < 4.78 is 5.85. The van der Waals surface area contributed by atoms with Crippen molar-refractivity contribution in [3.05, 3.63) is 68.5 Å². The molecule has 21 heavy (non-hydrogen) atoms. The lowest BCUT2D eigenvalue weighted by molar-refractivity contribution is -0.687. The Morgan fingerprint density at radius 1 is 1.00 bits per heavy atom. The first-order valence-electron chi connectivity index (χ1n) is 6.60. The van der Waals surface area contributed by atoms with E-state index < -0.39 is 0 Å². The van der Waals surface area contributed by atoms with Crippen molar-refractivity contribution in [1.29, 1.82) is 0 Å². The van der Waals surface area contributed by atoms with Crippen molar-refractivity contribution in [2.45, 2.75) is 13.1 Å². The molecular weight excluding hydrogens is 325 g/mol. The summed E-state index contributed by atoms with van der Waals surface area (Å²) in [7, 11) is 0. The monoisotopic (exact) mass is 338 g/mol. The second kappa shape index (κ2) is 6.67. The molecule has 5 heteroatoms. The third-order valence-electron chi connectivity index (χ3n) is 3.08. The quantitative estimate of drug-likeness (QED) is 0.725. The number of hydrogen-bond acceptors (Lipinski definition) is 2. The molecule has 3 rings (SSSR count). The molecule has 0 radical (unpaired) electrons. The van der Waals surface area contributed by atoms with Crippen LogP contribution in [0.1, 0.15) is 10.6 Å². The molecule has 108 valence electrons. The molecule has 0 aliphatic rings. The van der Waals surface area contributed by atoms with Crippen LogP contribution in [0.5, 0.6) is 0 Å². The summed E-state index contributed by atoms with van der Waals surface area (Å²) in [6.45, 7) is 1.78. The van der Waals surface area contributed by atoms with Gasteiger partial charge in [-0.25, -0.2) is 0 Å². The number of quaternary nitrogens is 1. The fourth-order valence-corrected chi connectivity index (χ4v) is 3.35. The van der Waals surface area contributed by atoms with E-state index in [1.54, 1.807) is 17.4 Å². The molecule has 0 atom stereocenters. The van der Waals surface area contributed by atoms with E-state index in [0.29, 0.717) is 10.0 Å². The molecule has 0 fully saturated rings. The van der Waals surface area contributed by atoms with Gasteiger partial charge in [0.25, 0.3) is 0 Å². The van der Waals surface area contributed by atoms with E-state index in [2.05, 4.69) is 22.8 Å². The highest BCUT2D eigenvalue weighted by Crippen LogP contribution is 2.28. The number of thiophene rings is 1. The van der Waals surface area contributed by atoms with E-state index in [1.165, 1.54) is 4.88 Å². The zero-order valence-corrected chi connectivity index (χ0v) is 13.5. The van der Waals surface area contributed by atoms with Gasteiger partial charge in [-0.1, -0.05) is 29.3 Å². The molecule has 0 aliphatic carbocycles. The van der Waals surface area contributed by atoms with Crippen molar-refractivity contribution < 1.29 is 9.73 Å². The lowest BCUT2D eigenvalue weighted by Crippen LogP contribution is -2.80. The first-order chi connectivity index (χ1) is 10.2. The Balaban J connectivity index is 1.65. The topological polar surface area (TPSA) is 29.8 Å². The third kappa shape index (κ3) is 3.89. The zero-order valence-electron chi connectivity index (χ0n) is 11.2. The molecule has 2 heterocycles. The number of furan rings is 1. The molecule has 0 spiro atoms. The molecule has 1 aromatic carbocycles. The summed E-state index contributed by atoms with van der Waals surface area (Å²) in [4.78, 5) is 1.36. The number of rotatable bonds is 5. The first kappa shape index (κ1) is 14.7. The molecule has 0 unspecified atom stereocenters. The minimum atomic E-state index is 0.611. The lowest BCUT2D eigenvalue weighted by Gasteiger charge is -2.00. The third-order valence-corrected chi connectivity index (χ3v) is 4.42. The van der Waals surface area contributed by atoms with Crippen LogP contribution in [-0.4, -0.2) is 0 Å². The minimum absolute atomic E-state index is 0.611. The summed E-state index contributed by atoms with van der Waals surface area (Å²) in [5.41, 5.74) is 0.900. The lowest BCUT2D eigenvalue weighted by atomic mass is 10.2. The second-order valence-electron chi connectivity index (χ2n) is 4.70. The van der Waals surface area contributed by atoms with Crippen LogP contribution in [0, 0.1) is 0 Å². The average Bonchev–Trinajstić information content (AvgIpc) is 3.09. The minimum Gasteiger partial charge on any atom is -0.455 e. The van der Waals surface area contributed by atoms with Gasteiger partial charge < -0.3 is 9.73 Å². The van der Waals surface area contributed by atoms with E-state index in [9.17, 15) is 0 Å². The molecule has 3 aromatic rings. The fourth-order valence-electron chi connectivity index (χ4n) is 2.12. The molecule has 0 aliphatic heterocycles. The molecule has 2 N–H and O–H groups in total. The highest BCUT2D eigenvalue weighted by Gasteiger charge is 2.08. The summed E-state index contributed by atoms with van der Waals surface area (Å²) >= 11 is 13.8. The molecular formula is C16H14Cl2NOS+. The van der Waals surface area contributed by atoms with Crippen LogP contribution < -0.4 is 5.32 Å². The molecule has 0 saturated carbocycles. The van der Waals surface area contributed by atoms with Crippen molar-refractivity contribution >= 4 is 34.5 Å². The van der Waals surface area contributed by atoms with Crippen LogP contribution >= 0.6 is 34.5 Å². The Morgan fingerprint density at radius 2 is 1.81 bits per heavy atom. The zero-order chi connectivity index (χ0) is 14.7. The van der Waals surface area contributed by atoms with Gasteiger partial charge in [-0.15, -0.1) is 11.3 Å². The van der Waals surface area contributed by atoms with Gasteiger partial charge in [0.05, 0.1) is 4.88 Å². The maximum Gasteiger partial charge on any atom is 0.158 e. The Morgan fingerprint density at radius 3 is 2.52 bits per heavy atom. The highest BCUT2D eigenvalue weighted by molar-refractivity contribution is 7.09. The first-order valence-corrected chi connectivity index (χ1v) is 8.23. The molecule has 2 nitrogen and oxygen atoms in total. The van der Waals surface area contributed by atoms with Crippen LogP contribution in [0.15, 0.2) is 52.3 Å². The van der Waals surface area contributed by atoms with Crippen LogP contribution in [0.4, 0.5) is 0 Å². The Hall–Kier alpha value is -1.26. The largest absolute Gasteiger partial charge is 0.455 e. The van der Waals surface area contributed by atoms with Gasteiger partial charge >= 0.3 is 0 Å². The summed E-state index contributed by atoms with van der Waals surface area (Å²) in [6.07, 6.45) is 0. The number of nitrogens with two attached hydrogens (primary N) is 1. The van der Waals surface area contributed by atoms with Gasteiger partial charge in [0.1, 0.15) is 18.8 Å². The maximum atomic E-state index is 6.02. The van der Waals surface area contributed by atoms with Crippen molar-refractivity contribution in [2.24, 2.45) is 0 Å². The number of benzene rings is 1. The van der Waals surface area contributed by atoms with Crippen molar-refractivity contribution in [3.8, 4) is 11.3 Å². The van der Waals surface area contributed by atoms with Crippen LogP contribution in [0.3, 0.4) is 0 Å². The fraction of sp³-hybridized carbons (Fsp3) is 0.125. The Bertz CT molecular complexity index is 701. The van der Waals surface area contributed by atoms with Gasteiger partial charge in [0.15, 0.2) is 5.76 Å². The van der Waals surface area contributed by atoms with Crippen molar-refractivity contribution in [2.75, 3.05) is 0 Å². The molecule has 0 bridgehead atoms. The highest BCUT2D eigenvalue weighted by atomic mass is 35.5. The van der Waals surface area contributed by atoms with Crippen molar-refractivity contribution in [1.82, 2.24) is 0 Å². The molecule has 0 amide bonds. The standard InChI is InChI=1S/C16H13Cl2NOS/c17-12-6-11(7-13(18)8-12)16-4-3-14(20-16)9-19-10-15-2-1-5-21-15/h1-8,19H,9-10H2/p+1. The Labute approximate surface area is 137 Å². The normalized spacial score (nSPS) is 11.0. The predicted molar refractivity (Wildman–Crippen MR) is 87.8 cm³/mol. The van der Waals surface area contributed by atoms with Gasteiger partial charge in [0, 0.05) is 15.6 Å². The molecule has 2 aromatic heterocycles. The van der Waals surface area contributed by atoms with E-state index >= 15 is 0 Å². The molecule has 0 saturated heterocycles. The van der Waals surface area contributed by atoms with Crippen LogP contribution in [0.25, 0.3) is 11.3 Å². The maximum absolute atomic E-state index is 6.02. The van der Waals surface area contributed by atoms with Gasteiger partial charge in [-0.2, -0.15) is 0 Å². The van der Waals surface area contributed by atoms with E-state index in [-0.39, 0.29) is 0 Å². The Kier molecular flexibility index (Phi) is 4.66.